The molecule has 1 saturated heterocycles. The van der Waals surface area contributed by atoms with Crippen LogP contribution < -0.4 is 5.73 Å². The highest BCUT2D eigenvalue weighted by Crippen LogP contribution is 2.26. The van der Waals surface area contributed by atoms with Gasteiger partial charge in [0.05, 0.1) is 13.0 Å². The van der Waals surface area contributed by atoms with E-state index in [1.165, 1.54) is 28.2 Å². The summed E-state index contributed by atoms with van der Waals surface area (Å²) < 4.78 is 32.2. The second-order valence-electron chi connectivity index (χ2n) is 4.91. The predicted molar refractivity (Wildman–Crippen MR) is 72.8 cm³/mol. The van der Waals surface area contributed by atoms with Gasteiger partial charge < -0.3 is 15.0 Å². The topological polar surface area (TPSA) is 112 Å². The molecule has 2 N–H and O–H groups in total. The lowest BCUT2D eigenvalue weighted by Gasteiger charge is -2.14. The number of primary amides is 1. The Balaban J connectivity index is 2.25. The van der Waals surface area contributed by atoms with Crippen molar-refractivity contribution in [2.75, 3.05) is 20.2 Å². The molecule has 0 bridgehead atoms. The Labute approximate surface area is 122 Å². The second-order valence-corrected chi connectivity index (χ2v) is 6.85. The van der Waals surface area contributed by atoms with Crippen LogP contribution in [0.5, 0.6) is 0 Å². The number of aromatic nitrogens is 1. The van der Waals surface area contributed by atoms with Crippen LogP contribution in [0.15, 0.2) is 17.2 Å². The Kier molecular flexibility index (Phi) is 4.06. The summed E-state index contributed by atoms with van der Waals surface area (Å²) in [6.07, 6.45) is 1.75. The predicted octanol–water partition coefficient (Wildman–Crippen LogP) is -0.692. The highest BCUT2D eigenvalue weighted by Gasteiger charge is 2.37. The van der Waals surface area contributed by atoms with Gasteiger partial charge in [-0.3, -0.25) is 9.59 Å². The highest BCUT2D eigenvalue weighted by molar-refractivity contribution is 7.89. The van der Waals surface area contributed by atoms with Crippen molar-refractivity contribution in [1.29, 1.82) is 0 Å². The summed E-state index contributed by atoms with van der Waals surface area (Å²) in [4.78, 5) is 22.6. The number of carbonyl (C=O) groups is 2. The minimum atomic E-state index is -3.75. The monoisotopic (exact) mass is 315 g/mol. The molecule has 0 aromatic carbocycles. The molecule has 1 atom stereocenters. The summed E-state index contributed by atoms with van der Waals surface area (Å²) in [7, 11) is -0.936. The molecule has 1 aromatic rings. The quantitative estimate of drug-likeness (QED) is 0.739. The van der Waals surface area contributed by atoms with Crippen molar-refractivity contribution in [3.05, 3.63) is 18.0 Å². The average Bonchev–Trinajstić information content (AvgIpc) is 3.04. The Morgan fingerprint density at radius 1 is 1.43 bits per heavy atom. The van der Waals surface area contributed by atoms with E-state index in [0.717, 1.165) is 0 Å². The molecule has 116 valence electrons. The molecule has 9 heteroatoms. The van der Waals surface area contributed by atoms with E-state index in [1.807, 2.05) is 0 Å². The molecular formula is C12H17N3O5S. The third-order valence-electron chi connectivity index (χ3n) is 3.56. The average molecular weight is 315 g/mol. The van der Waals surface area contributed by atoms with E-state index in [4.69, 9.17) is 5.73 Å². The third-order valence-corrected chi connectivity index (χ3v) is 5.39. The molecule has 1 amide bonds. The first-order chi connectivity index (χ1) is 9.77. The lowest BCUT2D eigenvalue weighted by molar-refractivity contribution is -0.144. The summed E-state index contributed by atoms with van der Waals surface area (Å²) in [5.41, 5.74) is 5.28. The van der Waals surface area contributed by atoms with Crippen LogP contribution in [0.4, 0.5) is 0 Å². The summed E-state index contributed by atoms with van der Waals surface area (Å²) in [5.74, 6) is -1.57. The van der Waals surface area contributed by atoms with Gasteiger partial charge in [0.15, 0.2) is 0 Å². The standard InChI is InChI=1S/C12H17N3O5S/c1-14-7-9(5-10(14)11(13)16)21(18,19)15-4-3-8(6-15)12(17)20-2/h5,7-8H,3-4,6H2,1-2H3,(H2,13,16). The minimum absolute atomic E-state index is 0.00989. The van der Waals surface area contributed by atoms with Gasteiger partial charge >= 0.3 is 5.97 Å². The number of nitrogens with zero attached hydrogens (tertiary/aromatic N) is 2. The maximum absolute atomic E-state index is 12.5. The van der Waals surface area contributed by atoms with E-state index in [0.29, 0.717) is 6.42 Å². The van der Waals surface area contributed by atoms with Crippen LogP contribution in [0.3, 0.4) is 0 Å². The maximum Gasteiger partial charge on any atom is 0.310 e. The van der Waals surface area contributed by atoms with Gasteiger partial charge in [-0.2, -0.15) is 4.31 Å². The molecule has 8 nitrogen and oxygen atoms in total. The van der Waals surface area contributed by atoms with Crippen LogP contribution in [-0.2, 0) is 26.6 Å². The number of methoxy groups -OCH3 is 1. The van der Waals surface area contributed by atoms with Gasteiger partial charge in [-0.05, 0) is 12.5 Å². The van der Waals surface area contributed by atoms with Crippen LogP contribution in [0.25, 0.3) is 0 Å². The number of hydrogen-bond donors (Lipinski definition) is 1. The first-order valence-corrected chi connectivity index (χ1v) is 7.75. The molecule has 0 spiro atoms. The summed E-state index contributed by atoms with van der Waals surface area (Å²) in [6.45, 7) is 0.318. The summed E-state index contributed by atoms with van der Waals surface area (Å²) in [5, 5.41) is 0. The number of esters is 1. The number of rotatable bonds is 4. The lowest BCUT2D eigenvalue weighted by atomic mass is 10.1. The smallest absolute Gasteiger partial charge is 0.310 e. The minimum Gasteiger partial charge on any atom is -0.469 e. The first-order valence-electron chi connectivity index (χ1n) is 6.31. The molecule has 1 aliphatic heterocycles. The highest BCUT2D eigenvalue weighted by atomic mass is 32.2. The van der Waals surface area contributed by atoms with Gasteiger partial charge in [-0.15, -0.1) is 0 Å². The fourth-order valence-corrected chi connectivity index (χ4v) is 3.95. The summed E-state index contributed by atoms with van der Waals surface area (Å²) >= 11 is 0. The molecule has 1 aromatic heterocycles. The molecule has 21 heavy (non-hydrogen) atoms. The fraction of sp³-hybridized carbons (Fsp3) is 0.500. The first kappa shape index (κ1) is 15.5. The normalized spacial score (nSPS) is 19.6. The molecule has 0 radical (unpaired) electrons. The van der Waals surface area contributed by atoms with Crippen LogP contribution in [0.1, 0.15) is 16.9 Å². The van der Waals surface area contributed by atoms with Crippen molar-refractivity contribution in [1.82, 2.24) is 8.87 Å². The van der Waals surface area contributed by atoms with Crippen molar-refractivity contribution in [2.45, 2.75) is 11.3 Å². The number of nitrogens with two attached hydrogens (primary N) is 1. The zero-order valence-electron chi connectivity index (χ0n) is 11.8. The fourth-order valence-electron chi connectivity index (χ4n) is 2.37. The van der Waals surface area contributed by atoms with Crippen molar-refractivity contribution in [2.24, 2.45) is 18.7 Å². The number of ether oxygens (including phenoxy) is 1. The molecule has 1 aliphatic rings. The lowest BCUT2D eigenvalue weighted by Crippen LogP contribution is -2.30. The second kappa shape index (κ2) is 5.49. The number of amides is 1. The number of aryl methyl sites for hydroxylation is 1. The van der Waals surface area contributed by atoms with Crippen molar-refractivity contribution in [3.63, 3.8) is 0 Å². The number of hydrogen-bond acceptors (Lipinski definition) is 5. The van der Waals surface area contributed by atoms with E-state index in [-0.39, 0.29) is 23.7 Å². The van der Waals surface area contributed by atoms with E-state index in [2.05, 4.69) is 4.74 Å². The zero-order chi connectivity index (χ0) is 15.8. The molecule has 2 heterocycles. The molecule has 1 unspecified atom stereocenters. The molecular weight excluding hydrogens is 298 g/mol. The van der Waals surface area contributed by atoms with Crippen LogP contribution >= 0.6 is 0 Å². The zero-order valence-corrected chi connectivity index (χ0v) is 12.6. The van der Waals surface area contributed by atoms with Crippen molar-refractivity contribution < 1.29 is 22.7 Å². The summed E-state index contributed by atoms with van der Waals surface area (Å²) in [6, 6.07) is 1.24. The Morgan fingerprint density at radius 3 is 2.62 bits per heavy atom. The van der Waals surface area contributed by atoms with Crippen LogP contribution in [-0.4, -0.2) is 49.4 Å². The van der Waals surface area contributed by atoms with Crippen LogP contribution in [0, 0.1) is 5.92 Å². The van der Waals surface area contributed by atoms with Crippen molar-refractivity contribution >= 4 is 21.9 Å². The Hall–Kier alpha value is -1.87. The van der Waals surface area contributed by atoms with Gasteiger partial charge in [-0.1, -0.05) is 0 Å². The van der Waals surface area contributed by atoms with Gasteiger partial charge in [0.2, 0.25) is 10.0 Å². The van der Waals surface area contributed by atoms with Gasteiger partial charge in [-0.25, -0.2) is 8.42 Å². The van der Waals surface area contributed by atoms with E-state index >= 15 is 0 Å². The SMILES string of the molecule is COC(=O)C1CCN(S(=O)(=O)c2cc(C(N)=O)n(C)c2)C1. The van der Waals surface area contributed by atoms with E-state index in [1.54, 1.807) is 7.05 Å². The molecule has 1 fully saturated rings. The molecule has 2 rings (SSSR count). The third kappa shape index (κ3) is 2.79. The van der Waals surface area contributed by atoms with Gasteiger partial charge in [0.25, 0.3) is 5.91 Å². The van der Waals surface area contributed by atoms with Gasteiger partial charge in [0, 0.05) is 26.3 Å². The number of sulfonamides is 1. The van der Waals surface area contributed by atoms with E-state index in [9.17, 15) is 18.0 Å². The largest absolute Gasteiger partial charge is 0.469 e. The van der Waals surface area contributed by atoms with Crippen LogP contribution in [0.2, 0.25) is 0 Å². The molecule has 0 aliphatic carbocycles. The van der Waals surface area contributed by atoms with Gasteiger partial charge in [0.1, 0.15) is 10.6 Å². The van der Waals surface area contributed by atoms with E-state index < -0.39 is 27.8 Å². The van der Waals surface area contributed by atoms with Crippen molar-refractivity contribution in [3.8, 4) is 0 Å². The Morgan fingerprint density at radius 2 is 2.10 bits per heavy atom. The number of carbonyl (C=O) groups excluding carboxylic acids is 2. The maximum atomic E-state index is 12.5. The molecule has 0 saturated carbocycles. The Bertz CT molecular complexity index is 679.